The maximum atomic E-state index is 12.9. The van der Waals surface area contributed by atoms with Gasteiger partial charge in [-0.3, -0.25) is 14.5 Å². The van der Waals surface area contributed by atoms with Crippen LogP contribution < -0.4 is 0 Å². The molecule has 1 unspecified atom stereocenters. The van der Waals surface area contributed by atoms with Crippen molar-refractivity contribution in [3.05, 3.63) is 83.4 Å². The number of hydrogen-bond donors (Lipinski definition) is 0. The highest BCUT2D eigenvalue weighted by molar-refractivity contribution is 8.15. The van der Waals surface area contributed by atoms with Gasteiger partial charge >= 0.3 is 0 Å². The van der Waals surface area contributed by atoms with Gasteiger partial charge in [0.15, 0.2) is 11.0 Å². The number of nitrogens with zero attached hydrogens (tertiary/aromatic N) is 3. The molecule has 0 radical (unpaired) electrons. The van der Waals surface area contributed by atoms with Crippen LogP contribution in [-0.2, 0) is 17.6 Å². The molecular weight excluding hydrogens is 406 g/mol. The first kappa shape index (κ1) is 21.2. The largest absolute Gasteiger partial charge is 0.294 e. The third-order valence-corrected chi connectivity index (χ3v) is 6.69. The van der Waals surface area contributed by atoms with Crippen LogP contribution in [-0.4, -0.2) is 39.8 Å². The number of benzene rings is 2. The number of carbonyl (C=O) groups excluding carboxylic acids is 2. The lowest BCUT2D eigenvalue weighted by molar-refractivity contribution is -0.125. The van der Waals surface area contributed by atoms with Crippen molar-refractivity contribution in [2.24, 2.45) is 10.2 Å². The predicted molar refractivity (Wildman–Crippen MR) is 127 cm³/mol. The van der Waals surface area contributed by atoms with Crippen molar-refractivity contribution < 1.29 is 9.59 Å². The molecule has 6 heteroatoms. The van der Waals surface area contributed by atoms with Crippen LogP contribution in [0.25, 0.3) is 0 Å². The lowest BCUT2D eigenvalue weighted by atomic mass is 9.89. The van der Waals surface area contributed by atoms with Crippen LogP contribution in [0, 0.1) is 0 Å². The highest BCUT2D eigenvalue weighted by Gasteiger charge is 2.38. The van der Waals surface area contributed by atoms with E-state index in [9.17, 15) is 9.59 Å². The summed E-state index contributed by atoms with van der Waals surface area (Å²) in [6, 6.07) is 15.6. The first-order chi connectivity index (χ1) is 15.2. The van der Waals surface area contributed by atoms with Crippen LogP contribution >= 0.6 is 11.8 Å². The summed E-state index contributed by atoms with van der Waals surface area (Å²) in [6.45, 7) is 4.07. The summed E-state index contributed by atoms with van der Waals surface area (Å²) < 4.78 is 0. The van der Waals surface area contributed by atoms with Crippen LogP contribution in [0.2, 0.25) is 0 Å². The van der Waals surface area contributed by atoms with Crippen LogP contribution in [0.4, 0.5) is 0 Å². The zero-order valence-electron chi connectivity index (χ0n) is 17.4. The van der Waals surface area contributed by atoms with E-state index >= 15 is 0 Å². The molecular formula is C25H25N3O2S. The normalized spacial score (nSPS) is 19.7. The number of rotatable bonds is 7. The van der Waals surface area contributed by atoms with Gasteiger partial charge < -0.3 is 0 Å². The molecule has 0 N–H and O–H groups in total. The molecule has 158 valence electrons. The minimum atomic E-state index is -0.492. The second-order valence-electron chi connectivity index (χ2n) is 7.70. The Balaban J connectivity index is 1.47. The number of Topliss-reactive ketones (excluding diaryl/α,β-unsaturated/α-hetero) is 1. The standard InChI is InChI=1S/C25H25N3O2S/c1-2-14-28-24(30)23(31-25(28)27-26-17-18-8-4-3-5-9-18)16-22(29)21-13-12-19-10-6-7-11-20(19)15-21/h2-5,8-9,12-13,15,17,23H,1,6-7,10-11,14,16H2. The van der Waals surface area contributed by atoms with Crippen molar-refractivity contribution in [2.45, 2.75) is 37.4 Å². The lowest BCUT2D eigenvalue weighted by Crippen LogP contribution is -2.32. The van der Waals surface area contributed by atoms with E-state index in [2.05, 4.69) is 22.8 Å². The summed E-state index contributed by atoms with van der Waals surface area (Å²) in [5, 5.41) is 8.40. The molecule has 2 aromatic rings. The Morgan fingerprint density at radius 3 is 2.68 bits per heavy atom. The molecule has 2 aromatic carbocycles. The van der Waals surface area contributed by atoms with Gasteiger partial charge in [-0.1, -0.05) is 60.3 Å². The molecule has 31 heavy (non-hydrogen) atoms. The van der Waals surface area contributed by atoms with Crippen molar-refractivity contribution in [1.82, 2.24) is 4.90 Å². The summed E-state index contributed by atoms with van der Waals surface area (Å²) in [7, 11) is 0. The van der Waals surface area contributed by atoms with Crippen LogP contribution in [0.15, 0.2) is 71.4 Å². The van der Waals surface area contributed by atoms with Gasteiger partial charge in [-0.2, -0.15) is 5.10 Å². The number of thioether (sulfide) groups is 1. The fraction of sp³-hybridized carbons (Fsp3) is 0.280. The minimum Gasteiger partial charge on any atom is -0.294 e. The molecule has 0 saturated carbocycles. The van der Waals surface area contributed by atoms with Gasteiger partial charge in [-0.15, -0.1) is 11.7 Å². The first-order valence-corrected chi connectivity index (χ1v) is 11.4. The molecule has 2 aliphatic rings. The SMILES string of the molecule is C=CCN1C(=O)C(CC(=O)c2ccc3c(c2)CCCC3)SC1=NN=Cc1ccccc1. The van der Waals surface area contributed by atoms with Gasteiger partial charge in [0.05, 0.1) is 11.5 Å². The fourth-order valence-electron chi connectivity index (χ4n) is 3.89. The molecule has 1 fully saturated rings. The Hall–Kier alpha value is -2.99. The van der Waals surface area contributed by atoms with E-state index in [1.807, 2.05) is 42.5 Å². The average molecular weight is 432 g/mol. The highest BCUT2D eigenvalue weighted by atomic mass is 32.2. The Labute approximate surface area is 186 Å². The number of ketones is 1. The fourth-order valence-corrected chi connectivity index (χ4v) is 4.99. The number of fused-ring (bicyclic) bond motifs is 1. The third-order valence-electron chi connectivity index (χ3n) is 5.52. The van der Waals surface area contributed by atoms with E-state index in [-0.39, 0.29) is 18.1 Å². The monoisotopic (exact) mass is 431 g/mol. The van der Waals surface area contributed by atoms with Gasteiger partial charge in [0.2, 0.25) is 5.91 Å². The Kier molecular flexibility index (Phi) is 6.77. The molecule has 1 amide bonds. The van der Waals surface area contributed by atoms with E-state index in [4.69, 9.17) is 0 Å². The van der Waals surface area contributed by atoms with Crippen molar-refractivity contribution in [3.8, 4) is 0 Å². The van der Waals surface area contributed by atoms with E-state index in [1.165, 1.54) is 35.7 Å². The number of hydrogen-bond acceptors (Lipinski definition) is 5. The van der Waals surface area contributed by atoms with Crippen molar-refractivity contribution in [1.29, 1.82) is 0 Å². The molecule has 1 aliphatic heterocycles. The van der Waals surface area contributed by atoms with E-state index in [0.29, 0.717) is 17.3 Å². The number of amides is 1. The molecule has 0 aromatic heterocycles. The molecule has 4 rings (SSSR count). The van der Waals surface area contributed by atoms with Crippen molar-refractivity contribution in [2.75, 3.05) is 6.54 Å². The molecule has 1 saturated heterocycles. The minimum absolute atomic E-state index is 0.00758. The summed E-state index contributed by atoms with van der Waals surface area (Å²) in [5.41, 5.74) is 4.23. The zero-order chi connectivity index (χ0) is 21.6. The molecule has 0 spiro atoms. The second-order valence-corrected chi connectivity index (χ2v) is 8.87. The Morgan fingerprint density at radius 2 is 1.90 bits per heavy atom. The van der Waals surface area contributed by atoms with E-state index in [0.717, 1.165) is 18.4 Å². The van der Waals surface area contributed by atoms with Crippen LogP contribution in [0.3, 0.4) is 0 Å². The van der Waals surface area contributed by atoms with Crippen LogP contribution in [0.1, 0.15) is 46.3 Å². The van der Waals surface area contributed by atoms with E-state index < -0.39 is 5.25 Å². The first-order valence-electron chi connectivity index (χ1n) is 10.6. The molecule has 5 nitrogen and oxygen atoms in total. The molecule has 1 aliphatic carbocycles. The van der Waals surface area contributed by atoms with Crippen LogP contribution in [0.5, 0.6) is 0 Å². The number of carbonyl (C=O) groups is 2. The maximum Gasteiger partial charge on any atom is 0.242 e. The lowest BCUT2D eigenvalue weighted by Gasteiger charge is -2.16. The van der Waals surface area contributed by atoms with Gasteiger partial charge in [-0.25, -0.2) is 0 Å². The second kappa shape index (κ2) is 9.88. The highest BCUT2D eigenvalue weighted by Crippen LogP contribution is 2.31. The Morgan fingerprint density at radius 1 is 1.13 bits per heavy atom. The zero-order valence-corrected chi connectivity index (χ0v) is 18.2. The van der Waals surface area contributed by atoms with Gasteiger partial charge in [0.1, 0.15) is 0 Å². The maximum absolute atomic E-state index is 12.9. The molecule has 1 heterocycles. The Bertz CT molecular complexity index is 1050. The van der Waals surface area contributed by atoms with Gasteiger partial charge in [0.25, 0.3) is 0 Å². The average Bonchev–Trinajstić information content (AvgIpc) is 3.09. The van der Waals surface area contributed by atoms with Crippen molar-refractivity contribution in [3.63, 3.8) is 0 Å². The third kappa shape index (κ3) is 5.02. The molecule has 0 bridgehead atoms. The number of aryl methyl sites for hydroxylation is 2. The van der Waals surface area contributed by atoms with Crippen molar-refractivity contribution >= 4 is 34.8 Å². The van der Waals surface area contributed by atoms with E-state index in [1.54, 1.807) is 17.2 Å². The van der Waals surface area contributed by atoms with Gasteiger partial charge in [-0.05, 0) is 48.4 Å². The number of amidine groups is 1. The topological polar surface area (TPSA) is 62.1 Å². The summed E-state index contributed by atoms with van der Waals surface area (Å²) >= 11 is 1.30. The van der Waals surface area contributed by atoms with Gasteiger partial charge in [0, 0.05) is 18.5 Å². The molecule has 1 atom stereocenters. The summed E-state index contributed by atoms with van der Waals surface area (Å²) in [5.74, 6) is -0.128. The quantitative estimate of drug-likeness (QED) is 0.277. The smallest absolute Gasteiger partial charge is 0.242 e. The summed E-state index contributed by atoms with van der Waals surface area (Å²) in [6.07, 6.45) is 7.94. The summed E-state index contributed by atoms with van der Waals surface area (Å²) in [4.78, 5) is 27.4. The predicted octanol–water partition coefficient (Wildman–Crippen LogP) is 4.66.